The van der Waals surface area contributed by atoms with E-state index in [0.717, 1.165) is 11.1 Å². The topological polar surface area (TPSA) is 78.8 Å². The zero-order chi connectivity index (χ0) is 17.0. The number of carbonyl (C=O) groups excluding carboxylic acids is 1. The first-order valence-corrected chi connectivity index (χ1v) is 7.37. The van der Waals surface area contributed by atoms with E-state index in [4.69, 9.17) is 4.74 Å². The molecule has 0 unspecified atom stereocenters. The fraction of sp³-hybridized carbons (Fsp3) is 0.278. The molecule has 2 rings (SSSR count). The molecule has 0 radical (unpaired) electrons. The maximum atomic E-state index is 12.3. The number of aromatic hydroxyl groups is 2. The lowest BCUT2D eigenvalue weighted by molar-refractivity contribution is 0.0939. The van der Waals surface area contributed by atoms with Crippen molar-refractivity contribution in [3.05, 3.63) is 53.1 Å². The molecule has 0 heterocycles. The van der Waals surface area contributed by atoms with Crippen LogP contribution < -0.4 is 10.1 Å². The second-order valence-corrected chi connectivity index (χ2v) is 5.59. The van der Waals surface area contributed by atoms with Gasteiger partial charge in [-0.1, -0.05) is 12.1 Å². The molecule has 2 aromatic carbocycles. The predicted octanol–water partition coefficient (Wildman–Crippen LogP) is 2.78. The zero-order valence-corrected chi connectivity index (χ0v) is 13.5. The molecule has 0 aliphatic rings. The van der Waals surface area contributed by atoms with Gasteiger partial charge in [0.2, 0.25) is 0 Å². The van der Waals surface area contributed by atoms with E-state index in [1.807, 2.05) is 19.9 Å². The monoisotopic (exact) mass is 315 g/mol. The summed E-state index contributed by atoms with van der Waals surface area (Å²) in [5, 5.41) is 21.7. The van der Waals surface area contributed by atoms with E-state index in [1.165, 1.54) is 12.1 Å². The van der Waals surface area contributed by atoms with E-state index in [0.29, 0.717) is 17.7 Å². The van der Waals surface area contributed by atoms with Gasteiger partial charge in [0.15, 0.2) is 11.5 Å². The quantitative estimate of drug-likeness (QED) is 0.741. The standard InChI is InChI=1S/C18H21NO4/c1-11-4-6-14(10-17(11)23-3)18(22)19-12(2)8-13-5-7-15(20)16(21)9-13/h4-7,9-10,12,20-21H,8H2,1-3H3,(H,19,22)/t12-/m1/s1. The largest absolute Gasteiger partial charge is 0.504 e. The summed E-state index contributed by atoms with van der Waals surface area (Å²) in [7, 11) is 1.57. The Labute approximate surface area is 135 Å². The highest BCUT2D eigenvalue weighted by atomic mass is 16.5. The number of carbonyl (C=O) groups is 1. The maximum absolute atomic E-state index is 12.3. The molecule has 1 atom stereocenters. The number of rotatable bonds is 5. The van der Waals surface area contributed by atoms with Gasteiger partial charge in [-0.3, -0.25) is 4.79 Å². The molecule has 23 heavy (non-hydrogen) atoms. The van der Waals surface area contributed by atoms with Crippen LogP contribution in [0.3, 0.4) is 0 Å². The number of amides is 1. The van der Waals surface area contributed by atoms with Crippen LogP contribution in [0.15, 0.2) is 36.4 Å². The van der Waals surface area contributed by atoms with Gasteiger partial charge in [0.1, 0.15) is 5.75 Å². The molecule has 0 aromatic heterocycles. The average molecular weight is 315 g/mol. The van der Waals surface area contributed by atoms with E-state index >= 15 is 0 Å². The zero-order valence-electron chi connectivity index (χ0n) is 13.5. The van der Waals surface area contributed by atoms with E-state index in [2.05, 4.69) is 5.32 Å². The normalized spacial score (nSPS) is 11.8. The average Bonchev–Trinajstić information content (AvgIpc) is 2.51. The Kier molecular flexibility index (Phi) is 5.11. The Balaban J connectivity index is 2.03. The van der Waals surface area contributed by atoms with Crippen LogP contribution in [0.1, 0.15) is 28.4 Å². The second kappa shape index (κ2) is 7.05. The lowest BCUT2D eigenvalue weighted by Gasteiger charge is -2.15. The molecule has 2 aromatic rings. The molecule has 0 saturated heterocycles. The van der Waals surface area contributed by atoms with Crippen molar-refractivity contribution in [1.29, 1.82) is 0 Å². The number of methoxy groups -OCH3 is 1. The predicted molar refractivity (Wildman–Crippen MR) is 88.1 cm³/mol. The highest BCUT2D eigenvalue weighted by Gasteiger charge is 2.13. The third kappa shape index (κ3) is 4.16. The van der Waals surface area contributed by atoms with E-state index in [-0.39, 0.29) is 23.4 Å². The van der Waals surface area contributed by atoms with Crippen molar-refractivity contribution < 1.29 is 19.7 Å². The number of nitrogens with one attached hydrogen (secondary N) is 1. The molecule has 0 aliphatic heterocycles. The lowest BCUT2D eigenvalue weighted by atomic mass is 10.1. The van der Waals surface area contributed by atoms with Gasteiger partial charge in [0.05, 0.1) is 7.11 Å². The van der Waals surface area contributed by atoms with Crippen LogP contribution in [0.5, 0.6) is 17.2 Å². The van der Waals surface area contributed by atoms with Crippen molar-refractivity contribution in [3.8, 4) is 17.2 Å². The van der Waals surface area contributed by atoms with E-state index in [1.54, 1.807) is 25.3 Å². The third-order valence-corrected chi connectivity index (χ3v) is 3.63. The highest BCUT2D eigenvalue weighted by Crippen LogP contribution is 2.25. The van der Waals surface area contributed by atoms with Crippen molar-refractivity contribution in [1.82, 2.24) is 5.32 Å². The van der Waals surface area contributed by atoms with E-state index < -0.39 is 0 Å². The van der Waals surface area contributed by atoms with E-state index in [9.17, 15) is 15.0 Å². The van der Waals surface area contributed by atoms with Gasteiger partial charge in [-0.15, -0.1) is 0 Å². The van der Waals surface area contributed by atoms with Gasteiger partial charge in [-0.05, 0) is 55.7 Å². The van der Waals surface area contributed by atoms with Crippen molar-refractivity contribution in [2.24, 2.45) is 0 Å². The summed E-state index contributed by atoms with van der Waals surface area (Å²) in [6.45, 7) is 3.80. The first-order chi connectivity index (χ1) is 10.9. The molecule has 0 bridgehead atoms. The number of aryl methyl sites for hydroxylation is 1. The number of hydrogen-bond acceptors (Lipinski definition) is 4. The molecule has 0 spiro atoms. The summed E-state index contributed by atoms with van der Waals surface area (Å²) in [5.41, 5.74) is 2.33. The summed E-state index contributed by atoms with van der Waals surface area (Å²) in [6, 6.07) is 9.83. The van der Waals surface area contributed by atoms with Crippen LogP contribution in [-0.4, -0.2) is 29.3 Å². The van der Waals surface area contributed by atoms with Gasteiger partial charge >= 0.3 is 0 Å². The number of hydrogen-bond donors (Lipinski definition) is 3. The Bertz CT molecular complexity index is 712. The van der Waals surface area contributed by atoms with Crippen LogP contribution >= 0.6 is 0 Å². The molecule has 0 fully saturated rings. The minimum Gasteiger partial charge on any atom is -0.504 e. The molecule has 0 aliphatic carbocycles. The van der Waals surface area contributed by atoms with Crippen LogP contribution in [0.2, 0.25) is 0 Å². The fourth-order valence-corrected chi connectivity index (χ4v) is 2.37. The van der Waals surface area contributed by atoms with Crippen molar-refractivity contribution in [2.75, 3.05) is 7.11 Å². The minimum atomic E-state index is -0.182. The second-order valence-electron chi connectivity index (χ2n) is 5.59. The molecular weight excluding hydrogens is 294 g/mol. The summed E-state index contributed by atoms with van der Waals surface area (Å²) < 4.78 is 5.23. The molecule has 3 N–H and O–H groups in total. The molecular formula is C18H21NO4. The summed E-state index contributed by atoms with van der Waals surface area (Å²) in [4.78, 5) is 12.3. The Hall–Kier alpha value is -2.69. The smallest absolute Gasteiger partial charge is 0.251 e. The Morgan fingerprint density at radius 3 is 2.57 bits per heavy atom. The summed E-state index contributed by atoms with van der Waals surface area (Å²) in [6.07, 6.45) is 0.544. The summed E-state index contributed by atoms with van der Waals surface area (Å²) >= 11 is 0. The number of phenolic OH excluding ortho intramolecular Hbond substituents is 2. The molecule has 5 nitrogen and oxygen atoms in total. The Morgan fingerprint density at radius 1 is 1.17 bits per heavy atom. The maximum Gasteiger partial charge on any atom is 0.251 e. The van der Waals surface area contributed by atoms with Gasteiger partial charge in [0.25, 0.3) is 5.91 Å². The lowest BCUT2D eigenvalue weighted by Crippen LogP contribution is -2.34. The Morgan fingerprint density at radius 2 is 1.91 bits per heavy atom. The van der Waals surface area contributed by atoms with Crippen molar-refractivity contribution in [3.63, 3.8) is 0 Å². The van der Waals surface area contributed by atoms with Gasteiger partial charge < -0.3 is 20.3 Å². The summed E-state index contributed by atoms with van der Waals surface area (Å²) in [5.74, 6) is 0.175. The van der Waals surface area contributed by atoms with Crippen LogP contribution in [0.4, 0.5) is 0 Å². The molecule has 1 amide bonds. The number of benzene rings is 2. The van der Waals surface area contributed by atoms with Crippen molar-refractivity contribution >= 4 is 5.91 Å². The molecule has 122 valence electrons. The third-order valence-electron chi connectivity index (χ3n) is 3.63. The SMILES string of the molecule is COc1cc(C(=O)N[C@H](C)Cc2ccc(O)c(O)c2)ccc1C. The van der Waals surface area contributed by atoms with Crippen LogP contribution in [0.25, 0.3) is 0 Å². The minimum absolute atomic E-state index is 0.126. The van der Waals surface area contributed by atoms with Gasteiger partial charge in [0, 0.05) is 11.6 Å². The number of phenols is 2. The van der Waals surface area contributed by atoms with Gasteiger partial charge in [-0.25, -0.2) is 0 Å². The van der Waals surface area contributed by atoms with Gasteiger partial charge in [-0.2, -0.15) is 0 Å². The fourth-order valence-electron chi connectivity index (χ4n) is 2.37. The molecule has 0 saturated carbocycles. The number of ether oxygens (including phenoxy) is 1. The van der Waals surface area contributed by atoms with Crippen LogP contribution in [0, 0.1) is 6.92 Å². The first kappa shape index (κ1) is 16.7. The highest BCUT2D eigenvalue weighted by molar-refractivity contribution is 5.94. The van der Waals surface area contributed by atoms with Crippen LogP contribution in [-0.2, 0) is 6.42 Å². The first-order valence-electron chi connectivity index (χ1n) is 7.37. The molecule has 5 heteroatoms. The van der Waals surface area contributed by atoms with Crippen molar-refractivity contribution in [2.45, 2.75) is 26.3 Å².